The first-order valence-corrected chi connectivity index (χ1v) is 9.68. The second kappa shape index (κ2) is 6.10. The van der Waals surface area contributed by atoms with E-state index < -0.39 is 10.0 Å². The number of aryl methyl sites for hydroxylation is 1. The van der Waals surface area contributed by atoms with Gasteiger partial charge in [0.1, 0.15) is 0 Å². The van der Waals surface area contributed by atoms with Gasteiger partial charge in [0, 0.05) is 18.2 Å². The molecule has 0 amide bonds. The van der Waals surface area contributed by atoms with Gasteiger partial charge in [0.25, 0.3) is 15.6 Å². The molecule has 1 N–H and O–H groups in total. The third kappa shape index (κ3) is 2.70. The highest BCUT2D eigenvalue weighted by Crippen LogP contribution is 2.34. The second-order valence-electron chi connectivity index (χ2n) is 6.24. The first-order chi connectivity index (χ1) is 12.5. The molecule has 1 aromatic heterocycles. The fraction of sp³-hybridized carbons (Fsp3) is 0.158. The van der Waals surface area contributed by atoms with E-state index >= 15 is 0 Å². The van der Waals surface area contributed by atoms with Crippen LogP contribution < -0.4 is 9.86 Å². The van der Waals surface area contributed by atoms with Gasteiger partial charge in [0.05, 0.1) is 16.3 Å². The molecule has 7 heteroatoms. The van der Waals surface area contributed by atoms with Crippen molar-refractivity contribution in [2.24, 2.45) is 0 Å². The number of fused-ring (bicyclic) bond motifs is 1. The Bertz CT molecular complexity index is 1130. The molecule has 2 heterocycles. The Labute approximate surface area is 151 Å². The van der Waals surface area contributed by atoms with Gasteiger partial charge in [0.2, 0.25) is 0 Å². The quantitative estimate of drug-likeness (QED) is 0.771. The van der Waals surface area contributed by atoms with Crippen LogP contribution in [0.25, 0.3) is 11.3 Å². The molecule has 0 radical (unpaired) electrons. The molecule has 3 aromatic rings. The van der Waals surface area contributed by atoms with E-state index in [-0.39, 0.29) is 10.5 Å². The highest BCUT2D eigenvalue weighted by atomic mass is 32.2. The van der Waals surface area contributed by atoms with Crippen molar-refractivity contribution in [3.05, 3.63) is 76.1 Å². The topological polar surface area (TPSA) is 83.1 Å². The number of benzene rings is 2. The second-order valence-corrected chi connectivity index (χ2v) is 8.07. The van der Waals surface area contributed by atoms with E-state index in [0.29, 0.717) is 29.8 Å². The van der Waals surface area contributed by atoms with Crippen LogP contribution in [0, 0.1) is 6.92 Å². The Kier molecular flexibility index (Phi) is 3.88. The zero-order valence-electron chi connectivity index (χ0n) is 14.1. The van der Waals surface area contributed by atoms with Gasteiger partial charge in [-0.05, 0) is 42.7 Å². The Hall–Kier alpha value is -2.93. The lowest BCUT2D eigenvalue weighted by Gasteiger charge is -2.21. The molecule has 0 atom stereocenters. The summed E-state index contributed by atoms with van der Waals surface area (Å²) in [7, 11) is -3.69. The van der Waals surface area contributed by atoms with Crippen LogP contribution in [0.2, 0.25) is 0 Å². The molecule has 0 fully saturated rings. The number of aromatic nitrogens is 2. The van der Waals surface area contributed by atoms with E-state index in [1.165, 1.54) is 10.4 Å². The van der Waals surface area contributed by atoms with Gasteiger partial charge in [-0.1, -0.05) is 30.3 Å². The molecule has 4 rings (SSSR count). The van der Waals surface area contributed by atoms with E-state index in [2.05, 4.69) is 10.2 Å². The average molecular weight is 367 g/mol. The Morgan fingerprint density at radius 1 is 1.08 bits per heavy atom. The molecule has 1 aliphatic heterocycles. The summed E-state index contributed by atoms with van der Waals surface area (Å²) in [6.07, 6.45) is 0.704. The van der Waals surface area contributed by atoms with Crippen LogP contribution in [-0.4, -0.2) is 25.2 Å². The van der Waals surface area contributed by atoms with Crippen molar-refractivity contribution in [3.8, 4) is 11.3 Å². The number of H-pyrrole nitrogens is 1. The zero-order chi connectivity index (χ0) is 18.3. The monoisotopic (exact) mass is 367 g/mol. The van der Waals surface area contributed by atoms with Gasteiger partial charge in [-0.25, -0.2) is 13.5 Å². The molecule has 132 valence electrons. The number of aromatic amines is 1. The number of nitrogens with zero attached hydrogens (tertiary/aromatic N) is 2. The van der Waals surface area contributed by atoms with Crippen LogP contribution in [0.15, 0.2) is 64.3 Å². The van der Waals surface area contributed by atoms with Crippen LogP contribution in [0.5, 0.6) is 0 Å². The smallest absolute Gasteiger partial charge is 0.264 e. The molecule has 0 spiro atoms. The Morgan fingerprint density at radius 2 is 1.88 bits per heavy atom. The number of hydrogen-bond donors (Lipinski definition) is 1. The van der Waals surface area contributed by atoms with Gasteiger partial charge >= 0.3 is 0 Å². The molecule has 26 heavy (non-hydrogen) atoms. The summed E-state index contributed by atoms with van der Waals surface area (Å²) in [6, 6.07) is 15.7. The molecular formula is C19H17N3O3S. The van der Waals surface area contributed by atoms with Crippen molar-refractivity contribution < 1.29 is 8.42 Å². The van der Waals surface area contributed by atoms with Gasteiger partial charge in [0.15, 0.2) is 0 Å². The van der Waals surface area contributed by atoms with Gasteiger partial charge < -0.3 is 0 Å². The normalized spacial score (nSPS) is 13.7. The maximum atomic E-state index is 13.3. The summed E-state index contributed by atoms with van der Waals surface area (Å²) in [4.78, 5) is 11.5. The summed E-state index contributed by atoms with van der Waals surface area (Å²) < 4.78 is 28.1. The summed E-state index contributed by atoms with van der Waals surface area (Å²) in [5.41, 5.74) is 3.29. The molecule has 0 saturated heterocycles. The number of nitrogens with one attached hydrogen (secondary N) is 1. The number of para-hydroxylation sites is 1. The highest BCUT2D eigenvalue weighted by molar-refractivity contribution is 7.93. The number of hydrogen-bond acceptors (Lipinski definition) is 4. The molecule has 1 aliphatic rings. The third-order valence-corrected chi connectivity index (χ3v) is 6.53. The SMILES string of the molecule is Cc1ccc(-c2ccc(=O)[nH]n2)cc1S(=O)(=O)N1CCc2ccccc21. The zero-order valence-corrected chi connectivity index (χ0v) is 15.0. The molecule has 2 aromatic carbocycles. The molecule has 0 unspecified atom stereocenters. The van der Waals surface area contributed by atoms with E-state index in [1.807, 2.05) is 24.3 Å². The minimum Gasteiger partial charge on any atom is -0.268 e. The van der Waals surface area contributed by atoms with Crippen molar-refractivity contribution in [3.63, 3.8) is 0 Å². The van der Waals surface area contributed by atoms with Gasteiger partial charge in [-0.2, -0.15) is 5.10 Å². The first kappa shape index (κ1) is 16.5. The predicted molar refractivity (Wildman–Crippen MR) is 99.7 cm³/mol. The summed E-state index contributed by atoms with van der Waals surface area (Å²) >= 11 is 0. The van der Waals surface area contributed by atoms with E-state index in [9.17, 15) is 13.2 Å². The number of sulfonamides is 1. The van der Waals surface area contributed by atoms with Crippen LogP contribution in [-0.2, 0) is 16.4 Å². The predicted octanol–water partition coefficient (Wildman–Crippen LogP) is 2.50. The molecular weight excluding hydrogens is 350 g/mol. The lowest BCUT2D eigenvalue weighted by Crippen LogP contribution is -2.29. The fourth-order valence-electron chi connectivity index (χ4n) is 3.22. The summed E-state index contributed by atoms with van der Waals surface area (Å²) in [6.45, 7) is 2.21. The van der Waals surface area contributed by atoms with Gasteiger partial charge in [-0.15, -0.1) is 0 Å². The Balaban J connectivity index is 1.81. The fourth-order valence-corrected chi connectivity index (χ4v) is 4.98. The Morgan fingerprint density at radius 3 is 2.65 bits per heavy atom. The van der Waals surface area contributed by atoms with Crippen molar-refractivity contribution in [1.82, 2.24) is 10.2 Å². The first-order valence-electron chi connectivity index (χ1n) is 8.24. The van der Waals surface area contributed by atoms with Crippen molar-refractivity contribution in [2.45, 2.75) is 18.2 Å². The van der Waals surface area contributed by atoms with Crippen molar-refractivity contribution in [1.29, 1.82) is 0 Å². The lowest BCUT2D eigenvalue weighted by atomic mass is 10.1. The van der Waals surface area contributed by atoms with Crippen LogP contribution in [0.3, 0.4) is 0 Å². The van der Waals surface area contributed by atoms with Crippen molar-refractivity contribution in [2.75, 3.05) is 10.8 Å². The number of rotatable bonds is 3. The van der Waals surface area contributed by atoms with E-state index in [4.69, 9.17) is 0 Å². The largest absolute Gasteiger partial charge is 0.268 e. The van der Waals surface area contributed by atoms with Crippen LogP contribution >= 0.6 is 0 Å². The standard InChI is InChI=1S/C19H17N3O3S/c1-13-6-7-15(16-8-9-19(23)21-20-16)12-18(13)26(24,25)22-11-10-14-4-2-3-5-17(14)22/h2-9,12H,10-11H2,1H3,(H,21,23). The molecule has 6 nitrogen and oxygen atoms in total. The van der Waals surface area contributed by atoms with E-state index in [1.54, 1.807) is 31.2 Å². The molecule has 0 aliphatic carbocycles. The highest BCUT2D eigenvalue weighted by Gasteiger charge is 2.31. The summed E-state index contributed by atoms with van der Waals surface area (Å²) in [5, 5.41) is 6.36. The van der Waals surface area contributed by atoms with Crippen molar-refractivity contribution >= 4 is 15.7 Å². The average Bonchev–Trinajstić information content (AvgIpc) is 3.08. The maximum absolute atomic E-state index is 13.3. The lowest BCUT2D eigenvalue weighted by molar-refractivity contribution is 0.591. The third-order valence-electron chi connectivity index (χ3n) is 4.58. The summed E-state index contributed by atoms with van der Waals surface area (Å²) in [5.74, 6) is 0. The maximum Gasteiger partial charge on any atom is 0.264 e. The van der Waals surface area contributed by atoms with E-state index in [0.717, 1.165) is 11.3 Å². The van der Waals surface area contributed by atoms with Crippen LogP contribution in [0.1, 0.15) is 11.1 Å². The van der Waals surface area contributed by atoms with Gasteiger partial charge in [-0.3, -0.25) is 9.10 Å². The van der Waals surface area contributed by atoms with Crippen LogP contribution in [0.4, 0.5) is 5.69 Å². The molecule has 0 bridgehead atoms. The number of anilines is 1. The minimum atomic E-state index is -3.69. The molecule has 0 saturated carbocycles. The minimum absolute atomic E-state index is 0.250.